The number of benzene rings is 1. The number of alkyl halides is 2. The molecule has 1 aromatic heterocycles. The summed E-state index contributed by atoms with van der Waals surface area (Å²) in [5.41, 5.74) is 1.17. The topological polar surface area (TPSA) is 39.9 Å². The molecule has 3 fully saturated rings. The van der Waals surface area contributed by atoms with Gasteiger partial charge in [-0.15, -0.1) is 10.2 Å². The van der Waals surface area contributed by atoms with E-state index in [0.29, 0.717) is 16.8 Å². The van der Waals surface area contributed by atoms with Crippen LogP contribution in [0.25, 0.3) is 11.4 Å². The van der Waals surface area contributed by atoms with Crippen molar-refractivity contribution in [2.45, 2.75) is 83.2 Å². The fraction of sp³-hybridized carbons (Fsp3) is 0.652. The minimum absolute atomic E-state index is 0.0744. The van der Waals surface area contributed by atoms with E-state index in [-0.39, 0.29) is 11.2 Å². The van der Waals surface area contributed by atoms with Gasteiger partial charge in [0, 0.05) is 12.5 Å². The van der Waals surface area contributed by atoms with Crippen LogP contribution in [0.5, 0.6) is 5.75 Å². The minimum Gasteiger partial charge on any atom is -0.434 e. The minimum atomic E-state index is -2.86. The standard InChI is InChI=1S/C23H31F2N3O/c1-3-4-7-10-22-11-14-23(15-12-22,16-13-22)20-27-26-19(28(20)2)17-8-5-6-9-18(17)29-21(24)25/h5-6,8-9,21H,3-4,7,10-16H2,1-2H3. The molecule has 0 radical (unpaired) electrons. The Labute approximate surface area is 171 Å². The summed E-state index contributed by atoms with van der Waals surface area (Å²) in [7, 11) is 1.95. The van der Waals surface area contributed by atoms with Crippen molar-refractivity contribution in [1.29, 1.82) is 0 Å². The van der Waals surface area contributed by atoms with Gasteiger partial charge in [0.1, 0.15) is 11.6 Å². The highest BCUT2D eigenvalue weighted by molar-refractivity contribution is 5.64. The molecule has 3 aliphatic rings. The maximum absolute atomic E-state index is 12.8. The number of hydrogen-bond donors (Lipinski definition) is 0. The van der Waals surface area contributed by atoms with Crippen LogP contribution >= 0.6 is 0 Å². The summed E-state index contributed by atoms with van der Waals surface area (Å²) in [5, 5.41) is 8.98. The van der Waals surface area contributed by atoms with Gasteiger partial charge in [0.2, 0.25) is 0 Å². The molecule has 0 amide bonds. The van der Waals surface area contributed by atoms with E-state index < -0.39 is 6.61 Å². The summed E-state index contributed by atoms with van der Waals surface area (Å²) >= 11 is 0. The predicted molar refractivity (Wildman–Crippen MR) is 109 cm³/mol. The van der Waals surface area contributed by atoms with Gasteiger partial charge in [0.15, 0.2) is 5.82 Å². The van der Waals surface area contributed by atoms with Crippen LogP contribution in [-0.2, 0) is 12.5 Å². The van der Waals surface area contributed by atoms with Gasteiger partial charge in [-0.1, -0.05) is 38.3 Å². The number of aromatic nitrogens is 3. The van der Waals surface area contributed by atoms with Crippen molar-refractivity contribution < 1.29 is 13.5 Å². The van der Waals surface area contributed by atoms with Gasteiger partial charge in [-0.05, 0) is 62.5 Å². The van der Waals surface area contributed by atoms with Crippen molar-refractivity contribution in [1.82, 2.24) is 14.8 Å². The van der Waals surface area contributed by atoms with Gasteiger partial charge in [0.25, 0.3) is 0 Å². The average Bonchev–Trinajstić information content (AvgIpc) is 3.11. The van der Waals surface area contributed by atoms with Crippen LogP contribution < -0.4 is 4.74 Å². The van der Waals surface area contributed by atoms with E-state index in [9.17, 15) is 8.78 Å². The highest BCUT2D eigenvalue weighted by Gasteiger charge is 2.51. The number of fused-ring (bicyclic) bond motifs is 3. The van der Waals surface area contributed by atoms with Crippen molar-refractivity contribution in [2.24, 2.45) is 12.5 Å². The van der Waals surface area contributed by atoms with Crippen LogP contribution in [-0.4, -0.2) is 21.4 Å². The number of para-hydroxylation sites is 1. The first-order valence-corrected chi connectivity index (χ1v) is 10.9. The Morgan fingerprint density at radius 2 is 1.72 bits per heavy atom. The molecule has 0 saturated heterocycles. The molecule has 1 heterocycles. The molecule has 0 spiro atoms. The molecule has 3 saturated carbocycles. The smallest absolute Gasteiger partial charge is 0.387 e. The third-order valence-corrected chi connectivity index (χ3v) is 7.41. The van der Waals surface area contributed by atoms with Crippen molar-refractivity contribution >= 4 is 0 Å². The number of halogens is 2. The number of nitrogens with zero attached hydrogens (tertiary/aromatic N) is 3. The quantitative estimate of drug-likeness (QED) is 0.489. The van der Waals surface area contributed by atoms with Crippen molar-refractivity contribution in [3.63, 3.8) is 0 Å². The van der Waals surface area contributed by atoms with E-state index in [4.69, 9.17) is 4.74 Å². The Morgan fingerprint density at radius 3 is 2.38 bits per heavy atom. The Hall–Kier alpha value is -1.98. The lowest BCUT2D eigenvalue weighted by atomic mass is 9.52. The van der Waals surface area contributed by atoms with Crippen LogP contribution in [0.3, 0.4) is 0 Å². The first-order chi connectivity index (χ1) is 14.0. The maximum atomic E-state index is 12.8. The van der Waals surface area contributed by atoms with Gasteiger partial charge in [-0.2, -0.15) is 8.78 Å². The van der Waals surface area contributed by atoms with Gasteiger partial charge in [-0.25, -0.2) is 0 Å². The SMILES string of the molecule is CCCCCC12CCC(c3nnc(-c4ccccc4OC(F)F)n3C)(CC1)CC2. The molecule has 5 rings (SSSR count). The Balaban J connectivity index is 1.57. The molecule has 0 N–H and O–H groups in total. The fourth-order valence-corrected chi connectivity index (χ4v) is 5.60. The van der Waals surface area contributed by atoms with Crippen LogP contribution in [0.15, 0.2) is 24.3 Å². The monoisotopic (exact) mass is 403 g/mol. The summed E-state index contributed by atoms with van der Waals surface area (Å²) in [6.07, 6.45) is 12.6. The van der Waals surface area contributed by atoms with Crippen molar-refractivity contribution in [2.75, 3.05) is 0 Å². The molecule has 2 bridgehead atoms. The fourth-order valence-electron chi connectivity index (χ4n) is 5.60. The molecule has 4 nitrogen and oxygen atoms in total. The Bertz CT molecular complexity index is 824. The number of unbranched alkanes of at least 4 members (excludes halogenated alkanes) is 2. The van der Waals surface area contributed by atoms with Crippen LogP contribution in [0.1, 0.15) is 77.0 Å². The number of ether oxygens (including phenoxy) is 1. The van der Waals surface area contributed by atoms with Gasteiger partial charge < -0.3 is 9.30 Å². The summed E-state index contributed by atoms with van der Waals surface area (Å²) in [5.74, 6) is 1.74. The van der Waals surface area contributed by atoms with Crippen LogP contribution in [0.4, 0.5) is 8.78 Å². The third-order valence-electron chi connectivity index (χ3n) is 7.41. The van der Waals surface area contributed by atoms with Gasteiger partial charge in [0.05, 0.1) is 5.56 Å². The second-order valence-electron chi connectivity index (χ2n) is 9.02. The molecule has 158 valence electrons. The summed E-state index contributed by atoms with van der Waals surface area (Å²) < 4.78 is 32.3. The highest BCUT2D eigenvalue weighted by atomic mass is 19.3. The third kappa shape index (κ3) is 3.78. The average molecular weight is 404 g/mol. The van der Waals surface area contributed by atoms with E-state index >= 15 is 0 Å². The molecule has 0 unspecified atom stereocenters. The maximum Gasteiger partial charge on any atom is 0.387 e. The lowest BCUT2D eigenvalue weighted by Gasteiger charge is -2.53. The Morgan fingerprint density at radius 1 is 1.03 bits per heavy atom. The molecule has 0 atom stereocenters. The van der Waals surface area contributed by atoms with Gasteiger partial charge >= 0.3 is 6.61 Å². The predicted octanol–water partition coefficient (Wildman–Crippen LogP) is 6.26. The molecule has 0 aliphatic heterocycles. The summed E-state index contributed by atoms with van der Waals surface area (Å²) in [6, 6.07) is 6.83. The molecule has 1 aromatic carbocycles. The second kappa shape index (κ2) is 8.04. The Kier molecular flexibility index (Phi) is 5.63. The summed E-state index contributed by atoms with van der Waals surface area (Å²) in [6.45, 7) is -0.597. The highest BCUT2D eigenvalue weighted by Crippen LogP contribution is 2.59. The van der Waals surface area contributed by atoms with Crippen LogP contribution in [0, 0.1) is 5.41 Å². The zero-order chi connectivity index (χ0) is 20.5. The molecular formula is C23H31F2N3O. The number of hydrogen-bond acceptors (Lipinski definition) is 3. The van der Waals surface area contributed by atoms with Crippen molar-refractivity contribution in [3.8, 4) is 17.1 Å². The van der Waals surface area contributed by atoms with Crippen molar-refractivity contribution in [3.05, 3.63) is 30.1 Å². The zero-order valence-electron chi connectivity index (χ0n) is 17.5. The first kappa shape index (κ1) is 20.3. The van der Waals surface area contributed by atoms with E-state index in [1.54, 1.807) is 18.2 Å². The molecule has 6 heteroatoms. The van der Waals surface area contributed by atoms with Gasteiger partial charge in [-0.3, -0.25) is 0 Å². The van der Waals surface area contributed by atoms with E-state index in [2.05, 4.69) is 17.1 Å². The molecule has 3 aliphatic carbocycles. The van der Waals surface area contributed by atoms with E-state index in [1.165, 1.54) is 44.9 Å². The lowest BCUT2D eigenvalue weighted by Crippen LogP contribution is -2.45. The number of rotatable bonds is 8. The molecule has 29 heavy (non-hydrogen) atoms. The normalized spacial score (nSPS) is 26.2. The molecular weight excluding hydrogens is 372 g/mol. The zero-order valence-corrected chi connectivity index (χ0v) is 17.5. The van der Waals surface area contributed by atoms with E-state index in [0.717, 1.165) is 25.1 Å². The first-order valence-electron chi connectivity index (χ1n) is 10.9. The lowest BCUT2D eigenvalue weighted by molar-refractivity contribution is -0.0494. The van der Waals surface area contributed by atoms with E-state index in [1.807, 2.05) is 17.7 Å². The molecule has 2 aromatic rings. The largest absolute Gasteiger partial charge is 0.434 e. The summed E-state index contributed by atoms with van der Waals surface area (Å²) in [4.78, 5) is 0. The second-order valence-corrected chi connectivity index (χ2v) is 9.02. The van der Waals surface area contributed by atoms with Crippen LogP contribution in [0.2, 0.25) is 0 Å².